The molecule has 0 fully saturated rings. The predicted octanol–water partition coefficient (Wildman–Crippen LogP) is 4.36. The SMILES string of the molecule is COc1ccc(NC(=O)CSc2nc(C)nc3sc(C)c(C)c23)cc1OC. The van der Waals surface area contributed by atoms with E-state index in [1.54, 1.807) is 43.8 Å². The summed E-state index contributed by atoms with van der Waals surface area (Å²) in [5.41, 5.74) is 1.84. The zero-order chi connectivity index (χ0) is 19.6. The van der Waals surface area contributed by atoms with Crippen molar-refractivity contribution in [1.82, 2.24) is 9.97 Å². The largest absolute Gasteiger partial charge is 0.493 e. The number of carbonyl (C=O) groups excluding carboxylic acids is 1. The Morgan fingerprint density at radius 3 is 2.59 bits per heavy atom. The number of fused-ring (bicyclic) bond motifs is 1. The van der Waals surface area contributed by atoms with E-state index < -0.39 is 0 Å². The lowest BCUT2D eigenvalue weighted by molar-refractivity contribution is -0.113. The first-order chi connectivity index (χ1) is 12.9. The number of benzene rings is 1. The molecule has 0 unspecified atom stereocenters. The van der Waals surface area contributed by atoms with Crippen LogP contribution >= 0.6 is 23.1 Å². The number of hydrogen-bond acceptors (Lipinski definition) is 7. The molecule has 0 radical (unpaired) electrons. The number of aromatic nitrogens is 2. The first-order valence-electron chi connectivity index (χ1n) is 8.32. The van der Waals surface area contributed by atoms with Gasteiger partial charge in [-0.25, -0.2) is 9.97 Å². The van der Waals surface area contributed by atoms with Gasteiger partial charge in [-0.15, -0.1) is 11.3 Å². The van der Waals surface area contributed by atoms with Gasteiger partial charge in [0.25, 0.3) is 0 Å². The van der Waals surface area contributed by atoms with Gasteiger partial charge in [-0.05, 0) is 38.5 Å². The van der Waals surface area contributed by atoms with Crippen LogP contribution in [-0.4, -0.2) is 35.8 Å². The third kappa shape index (κ3) is 4.17. The van der Waals surface area contributed by atoms with Crippen LogP contribution in [0.25, 0.3) is 10.2 Å². The maximum Gasteiger partial charge on any atom is 0.234 e. The molecule has 0 atom stereocenters. The number of anilines is 1. The van der Waals surface area contributed by atoms with E-state index in [2.05, 4.69) is 29.1 Å². The van der Waals surface area contributed by atoms with Crippen LogP contribution in [0, 0.1) is 20.8 Å². The van der Waals surface area contributed by atoms with Crippen LogP contribution < -0.4 is 14.8 Å². The van der Waals surface area contributed by atoms with Crippen molar-refractivity contribution >= 4 is 44.9 Å². The molecular weight excluding hydrogens is 382 g/mol. The molecule has 0 bridgehead atoms. The van der Waals surface area contributed by atoms with Crippen LogP contribution in [0.1, 0.15) is 16.3 Å². The minimum Gasteiger partial charge on any atom is -0.493 e. The van der Waals surface area contributed by atoms with Gasteiger partial charge in [0.2, 0.25) is 5.91 Å². The van der Waals surface area contributed by atoms with E-state index >= 15 is 0 Å². The normalized spacial score (nSPS) is 10.9. The third-order valence-corrected chi connectivity index (χ3v) is 6.19. The summed E-state index contributed by atoms with van der Waals surface area (Å²) in [6, 6.07) is 5.28. The minimum atomic E-state index is -0.110. The standard InChI is InChI=1S/C19H21N3O3S2/c1-10-11(2)27-19-17(10)18(20-12(3)21-19)26-9-16(23)22-13-6-7-14(24-4)15(8-13)25-5/h6-8H,9H2,1-5H3,(H,22,23). The average Bonchev–Trinajstić information content (AvgIpc) is 2.93. The Kier molecular flexibility index (Phi) is 5.86. The molecule has 2 aromatic heterocycles. The van der Waals surface area contributed by atoms with E-state index in [4.69, 9.17) is 9.47 Å². The van der Waals surface area contributed by atoms with E-state index in [0.29, 0.717) is 23.0 Å². The highest BCUT2D eigenvalue weighted by atomic mass is 32.2. The Morgan fingerprint density at radius 1 is 1.15 bits per heavy atom. The maximum absolute atomic E-state index is 12.4. The first-order valence-corrected chi connectivity index (χ1v) is 10.1. The molecule has 1 N–H and O–H groups in total. The van der Waals surface area contributed by atoms with E-state index in [-0.39, 0.29) is 11.7 Å². The number of nitrogens with zero attached hydrogens (tertiary/aromatic N) is 2. The molecule has 0 spiro atoms. The molecule has 142 valence electrons. The molecule has 3 rings (SSSR count). The Balaban J connectivity index is 1.74. The molecule has 27 heavy (non-hydrogen) atoms. The summed E-state index contributed by atoms with van der Waals surface area (Å²) in [7, 11) is 3.14. The van der Waals surface area contributed by atoms with Crippen LogP contribution in [0.3, 0.4) is 0 Å². The van der Waals surface area contributed by atoms with Crippen molar-refractivity contribution in [3.8, 4) is 11.5 Å². The summed E-state index contributed by atoms with van der Waals surface area (Å²) in [6.45, 7) is 6.02. The van der Waals surface area contributed by atoms with Crippen LogP contribution in [0.2, 0.25) is 0 Å². The highest BCUT2D eigenvalue weighted by Crippen LogP contribution is 2.35. The summed E-state index contributed by atoms with van der Waals surface area (Å²) in [5.74, 6) is 2.05. The van der Waals surface area contributed by atoms with E-state index in [1.807, 2.05) is 6.92 Å². The molecule has 1 aromatic carbocycles. The number of thioether (sulfide) groups is 1. The highest BCUT2D eigenvalue weighted by Gasteiger charge is 2.15. The number of methoxy groups -OCH3 is 2. The number of aryl methyl sites for hydroxylation is 3. The van der Waals surface area contributed by atoms with Crippen molar-refractivity contribution in [3.63, 3.8) is 0 Å². The summed E-state index contributed by atoms with van der Waals surface area (Å²) < 4.78 is 10.5. The zero-order valence-electron chi connectivity index (χ0n) is 15.9. The van der Waals surface area contributed by atoms with Crippen molar-refractivity contribution in [2.75, 3.05) is 25.3 Å². The topological polar surface area (TPSA) is 73.3 Å². The second-order valence-corrected chi connectivity index (χ2v) is 8.11. The van der Waals surface area contributed by atoms with E-state index in [1.165, 1.54) is 22.2 Å². The first kappa shape index (κ1) is 19.4. The van der Waals surface area contributed by atoms with Gasteiger partial charge in [0.15, 0.2) is 11.5 Å². The van der Waals surface area contributed by atoms with Gasteiger partial charge < -0.3 is 14.8 Å². The van der Waals surface area contributed by atoms with Crippen LogP contribution in [-0.2, 0) is 4.79 Å². The molecule has 8 heteroatoms. The highest BCUT2D eigenvalue weighted by molar-refractivity contribution is 8.00. The lowest BCUT2D eigenvalue weighted by atomic mass is 10.2. The second kappa shape index (κ2) is 8.14. The summed E-state index contributed by atoms with van der Waals surface area (Å²) in [4.78, 5) is 23.7. The Hall–Kier alpha value is -2.32. The lowest BCUT2D eigenvalue weighted by Gasteiger charge is -2.10. The summed E-state index contributed by atoms with van der Waals surface area (Å²) >= 11 is 3.08. The molecule has 6 nitrogen and oxygen atoms in total. The molecule has 0 saturated heterocycles. The fourth-order valence-corrected chi connectivity index (χ4v) is 4.73. The number of thiophene rings is 1. The number of nitrogens with one attached hydrogen (secondary N) is 1. The average molecular weight is 404 g/mol. The number of ether oxygens (including phenoxy) is 2. The monoisotopic (exact) mass is 403 g/mol. The molecule has 2 heterocycles. The van der Waals surface area contributed by atoms with E-state index in [0.717, 1.165) is 15.2 Å². The Morgan fingerprint density at radius 2 is 1.89 bits per heavy atom. The van der Waals surface area contributed by atoms with Crippen molar-refractivity contribution in [1.29, 1.82) is 0 Å². The van der Waals surface area contributed by atoms with Crippen molar-refractivity contribution < 1.29 is 14.3 Å². The molecule has 0 saturated carbocycles. The van der Waals surface area contributed by atoms with Crippen molar-refractivity contribution in [3.05, 3.63) is 34.5 Å². The fourth-order valence-electron chi connectivity index (χ4n) is 2.66. The summed E-state index contributed by atoms with van der Waals surface area (Å²) in [6.07, 6.45) is 0. The van der Waals surface area contributed by atoms with Gasteiger partial charge in [-0.1, -0.05) is 11.8 Å². The summed E-state index contributed by atoms with van der Waals surface area (Å²) in [5, 5.41) is 4.78. The fraction of sp³-hybridized carbons (Fsp3) is 0.316. The lowest BCUT2D eigenvalue weighted by Crippen LogP contribution is -2.14. The van der Waals surface area contributed by atoms with Gasteiger partial charge in [-0.2, -0.15) is 0 Å². The Labute approximate surface area is 166 Å². The van der Waals surface area contributed by atoms with Crippen molar-refractivity contribution in [2.24, 2.45) is 0 Å². The maximum atomic E-state index is 12.4. The number of carbonyl (C=O) groups is 1. The number of rotatable bonds is 6. The quantitative estimate of drug-likeness (QED) is 0.487. The molecule has 0 aliphatic heterocycles. The smallest absolute Gasteiger partial charge is 0.234 e. The number of amides is 1. The van der Waals surface area contributed by atoms with Crippen LogP contribution in [0.15, 0.2) is 23.2 Å². The molecule has 0 aliphatic rings. The van der Waals surface area contributed by atoms with Crippen LogP contribution in [0.5, 0.6) is 11.5 Å². The molecule has 3 aromatic rings. The molecular formula is C19H21N3O3S2. The van der Waals surface area contributed by atoms with Crippen LogP contribution in [0.4, 0.5) is 5.69 Å². The van der Waals surface area contributed by atoms with Crippen molar-refractivity contribution in [2.45, 2.75) is 25.8 Å². The van der Waals surface area contributed by atoms with Gasteiger partial charge in [0.05, 0.1) is 20.0 Å². The van der Waals surface area contributed by atoms with Gasteiger partial charge >= 0.3 is 0 Å². The van der Waals surface area contributed by atoms with Gasteiger partial charge in [-0.3, -0.25) is 4.79 Å². The molecule has 1 amide bonds. The third-order valence-electron chi connectivity index (χ3n) is 4.11. The number of hydrogen-bond donors (Lipinski definition) is 1. The van der Waals surface area contributed by atoms with E-state index in [9.17, 15) is 4.79 Å². The Bertz CT molecular complexity index is 1000. The zero-order valence-corrected chi connectivity index (χ0v) is 17.5. The molecule has 0 aliphatic carbocycles. The van der Waals surface area contributed by atoms with Gasteiger partial charge in [0, 0.05) is 22.0 Å². The minimum absolute atomic E-state index is 0.110. The van der Waals surface area contributed by atoms with Gasteiger partial charge in [0.1, 0.15) is 15.7 Å². The predicted molar refractivity (Wildman–Crippen MR) is 111 cm³/mol. The second-order valence-electron chi connectivity index (χ2n) is 5.95.